The summed E-state index contributed by atoms with van der Waals surface area (Å²) < 4.78 is 0.857. The van der Waals surface area contributed by atoms with Crippen molar-refractivity contribution in [3.63, 3.8) is 0 Å². The molecule has 0 fully saturated rings. The van der Waals surface area contributed by atoms with Gasteiger partial charge in [-0.1, -0.05) is 13.8 Å². The van der Waals surface area contributed by atoms with E-state index in [0.717, 1.165) is 3.79 Å². The number of nitrogens with zero attached hydrogens (tertiary/aromatic N) is 1. The number of hydrogen-bond donors (Lipinski definition) is 2. The topological polar surface area (TPSA) is 78.5 Å². The van der Waals surface area contributed by atoms with Gasteiger partial charge in [0.25, 0.3) is 5.91 Å². The van der Waals surface area contributed by atoms with E-state index >= 15 is 0 Å². The maximum atomic E-state index is 12.2. The molecule has 2 N–H and O–H groups in total. The maximum absolute atomic E-state index is 12.2. The fourth-order valence-electron chi connectivity index (χ4n) is 2.02. The van der Waals surface area contributed by atoms with E-state index in [4.69, 9.17) is 0 Å². The van der Waals surface area contributed by atoms with Crippen LogP contribution in [0, 0.1) is 5.92 Å². The molecule has 3 amide bonds. The van der Waals surface area contributed by atoms with Crippen LogP contribution < -0.4 is 10.6 Å². The molecule has 23 heavy (non-hydrogen) atoms. The van der Waals surface area contributed by atoms with E-state index in [-0.39, 0.29) is 30.2 Å². The standard InChI is InChI=1S/C15H22BrN3O3S/c1-9(2)7-10(14(21)17-3)18-13(20)8-19(4)15(22)11-5-6-12(16)23-11/h5-6,9-10H,7-8H2,1-4H3,(H,17,21)(H,18,20). The van der Waals surface area contributed by atoms with Crippen LogP contribution in [0.15, 0.2) is 15.9 Å². The van der Waals surface area contributed by atoms with Crippen molar-refractivity contribution in [2.75, 3.05) is 20.6 Å². The molecule has 8 heteroatoms. The molecule has 0 aliphatic carbocycles. The number of carbonyl (C=O) groups is 3. The van der Waals surface area contributed by atoms with Crippen molar-refractivity contribution < 1.29 is 14.4 Å². The third kappa shape index (κ3) is 6.31. The first-order valence-corrected chi connectivity index (χ1v) is 8.87. The highest BCUT2D eigenvalue weighted by Gasteiger charge is 2.23. The molecule has 1 unspecified atom stereocenters. The second-order valence-electron chi connectivity index (χ2n) is 5.63. The zero-order valence-electron chi connectivity index (χ0n) is 13.7. The summed E-state index contributed by atoms with van der Waals surface area (Å²) in [6.07, 6.45) is 0.543. The summed E-state index contributed by atoms with van der Waals surface area (Å²) in [7, 11) is 3.10. The Hall–Kier alpha value is -1.41. The van der Waals surface area contributed by atoms with E-state index < -0.39 is 6.04 Å². The van der Waals surface area contributed by atoms with Gasteiger partial charge in [0.05, 0.1) is 15.2 Å². The highest BCUT2D eigenvalue weighted by atomic mass is 79.9. The van der Waals surface area contributed by atoms with E-state index in [9.17, 15) is 14.4 Å². The van der Waals surface area contributed by atoms with Gasteiger partial charge in [0.15, 0.2) is 0 Å². The van der Waals surface area contributed by atoms with Crippen LogP contribution in [0.2, 0.25) is 0 Å². The molecule has 0 radical (unpaired) electrons. The van der Waals surface area contributed by atoms with Crippen LogP contribution in [0.5, 0.6) is 0 Å². The summed E-state index contributed by atoms with van der Waals surface area (Å²) in [6, 6.07) is 2.90. The van der Waals surface area contributed by atoms with Crippen molar-refractivity contribution in [1.82, 2.24) is 15.5 Å². The van der Waals surface area contributed by atoms with Crippen molar-refractivity contribution >= 4 is 45.0 Å². The monoisotopic (exact) mass is 403 g/mol. The van der Waals surface area contributed by atoms with Crippen LogP contribution in [0.3, 0.4) is 0 Å². The molecule has 1 rings (SSSR count). The third-order valence-electron chi connectivity index (χ3n) is 3.12. The second kappa shape index (κ2) is 9.02. The Morgan fingerprint density at radius 2 is 1.96 bits per heavy atom. The first-order chi connectivity index (χ1) is 10.7. The molecule has 0 aliphatic heterocycles. The average Bonchev–Trinajstić information content (AvgIpc) is 2.90. The summed E-state index contributed by atoms with van der Waals surface area (Å²) in [4.78, 5) is 38.0. The van der Waals surface area contributed by atoms with Crippen molar-refractivity contribution in [3.05, 3.63) is 20.8 Å². The Morgan fingerprint density at radius 1 is 1.30 bits per heavy atom. The Bertz CT molecular complexity index is 574. The minimum atomic E-state index is -0.591. The third-order valence-corrected chi connectivity index (χ3v) is 4.73. The largest absolute Gasteiger partial charge is 0.357 e. The number of thiophene rings is 1. The highest BCUT2D eigenvalue weighted by Crippen LogP contribution is 2.22. The van der Waals surface area contributed by atoms with E-state index in [1.165, 1.54) is 23.3 Å². The molecule has 1 heterocycles. The van der Waals surface area contributed by atoms with Gasteiger partial charge in [0.1, 0.15) is 6.04 Å². The number of rotatable bonds is 7. The lowest BCUT2D eigenvalue weighted by molar-refractivity contribution is -0.129. The predicted molar refractivity (Wildman–Crippen MR) is 94.4 cm³/mol. The molecule has 1 aromatic rings. The van der Waals surface area contributed by atoms with Crippen LogP contribution in [0.25, 0.3) is 0 Å². The van der Waals surface area contributed by atoms with E-state index in [1.54, 1.807) is 19.2 Å². The van der Waals surface area contributed by atoms with Gasteiger partial charge in [-0.2, -0.15) is 0 Å². The van der Waals surface area contributed by atoms with Gasteiger partial charge >= 0.3 is 0 Å². The molecule has 6 nitrogen and oxygen atoms in total. The quantitative estimate of drug-likeness (QED) is 0.728. The van der Waals surface area contributed by atoms with Gasteiger partial charge in [-0.25, -0.2) is 0 Å². The molecule has 128 valence electrons. The fraction of sp³-hybridized carbons (Fsp3) is 0.533. The van der Waals surface area contributed by atoms with Gasteiger partial charge < -0.3 is 15.5 Å². The SMILES string of the molecule is CNC(=O)C(CC(C)C)NC(=O)CN(C)C(=O)c1ccc(Br)s1. The van der Waals surface area contributed by atoms with Crippen LogP contribution in [-0.2, 0) is 9.59 Å². The summed E-state index contributed by atoms with van der Waals surface area (Å²) in [5.74, 6) is -0.550. The first kappa shape index (κ1) is 19.6. The van der Waals surface area contributed by atoms with Crippen molar-refractivity contribution in [3.8, 4) is 0 Å². The first-order valence-electron chi connectivity index (χ1n) is 7.26. The van der Waals surface area contributed by atoms with Crippen molar-refractivity contribution in [2.45, 2.75) is 26.3 Å². The summed E-state index contributed by atoms with van der Waals surface area (Å²) >= 11 is 4.62. The van der Waals surface area contributed by atoms with Crippen LogP contribution >= 0.6 is 27.3 Å². The smallest absolute Gasteiger partial charge is 0.264 e. The number of nitrogens with one attached hydrogen (secondary N) is 2. The maximum Gasteiger partial charge on any atom is 0.264 e. The minimum Gasteiger partial charge on any atom is -0.357 e. The highest BCUT2D eigenvalue weighted by molar-refractivity contribution is 9.11. The molecule has 0 saturated heterocycles. The van der Waals surface area contributed by atoms with Crippen molar-refractivity contribution in [2.24, 2.45) is 5.92 Å². The molecule has 1 atom stereocenters. The number of halogens is 1. The lowest BCUT2D eigenvalue weighted by Crippen LogP contribution is -2.49. The lowest BCUT2D eigenvalue weighted by atomic mass is 10.0. The van der Waals surface area contributed by atoms with Gasteiger partial charge in [-0.3, -0.25) is 14.4 Å². The fourth-order valence-corrected chi connectivity index (χ4v) is 3.40. The number of hydrogen-bond acceptors (Lipinski definition) is 4. The molecule has 1 aromatic heterocycles. The molecule has 0 bridgehead atoms. The molecular formula is C15H22BrN3O3S. The normalized spacial score (nSPS) is 11.9. The van der Waals surface area contributed by atoms with Gasteiger partial charge in [-0.05, 0) is 40.4 Å². The van der Waals surface area contributed by atoms with E-state index in [2.05, 4.69) is 26.6 Å². The second-order valence-corrected chi connectivity index (χ2v) is 8.09. The molecular weight excluding hydrogens is 382 g/mol. The lowest BCUT2D eigenvalue weighted by Gasteiger charge is -2.21. The zero-order chi connectivity index (χ0) is 17.6. The molecule has 0 aliphatic rings. The Balaban J connectivity index is 2.62. The van der Waals surface area contributed by atoms with Crippen LogP contribution in [-0.4, -0.2) is 49.3 Å². The van der Waals surface area contributed by atoms with Crippen molar-refractivity contribution in [1.29, 1.82) is 0 Å². The Kier molecular flexibility index (Phi) is 7.70. The number of carbonyl (C=O) groups excluding carboxylic acids is 3. The average molecular weight is 404 g/mol. The summed E-state index contributed by atoms with van der Waals surface area (Å²) in [5, 5.41) is 5.23. The predicted octanol–water partition coefficient (Wildman–Crippen LogP) is 1.86. The van der Waals surface area contributed by atoms with Gasteiger partial charge in [0, 0.05) is 14.1 Å². The van der Waals surface area contributed by atoms with E-state index in [0.29, 0.717) is 11.3 Å². The van der Waals surface area contributed by atoms with Gasteiger partial charge in [-0.15, -0.1) is 11.3 Å². The number of amides is 3. The van der Waals surface area contributed by atoms with Gasteiger partial charge in [0.2, 0.25) is 11.8 Å². The molecule has 0 saturated carbocycles. The van der Waals surface area contributed by atoms with Crippen LogP contribution in [0.4, 0.5) is 0 Å². The number of likely N-dealkylation sites (N-methyl/N-ethyl adjacent to an activating group) is 2. The van der Waals surface area contributed by atoms with Crippen LogP contribution in [0.1, 0.15) is 29.9 Å². The Labute approximate surface area is 148 Å². The minimum absolute atomic E-state index is 0.0973. The molecule has 0 spiro atoms. The summed E-state index contributed by atoms with van der Waals surface area (Å²) in [5.41, 5.74) is 0. The summed E-state index contributed by atoms with van der Waals surface area (Å²) in [6.45, 7) is 3.86. The molecule has 0 aromatic carbocycles. The van der Waals surface area contributed by atoms with E-state index in [1.807, 2.05) is 13.8 Å². The Morgan fingerprint density at radius 3 is 2.43 bits per heavy atom. The zero-order valence-corrected chi connectivity index (χ0v) is 16.1.